The number of rotatable bonds is 8. The Hall–Kier alpha value is -1.72. The van der Waals surface area contributed by atoms with Gasteiger partial charge in [0.25, 0.3) is 0 Å². The second kappa shape index (κ2) is 10.2. The Balaban J connectivity index is 1.60. The average Bonchev–Trinajstić information content (AvgIpc) is 3.21. The van der Waals surface area contributed by atoms with Gasteiger partial charge in [-0.15, -0.1) is 0 Å². The van der Waals surface area contributed by atoms with E-state index < -0.39 is 0 Å². The van der Waals surface area contributed by atoms with Gasteiger partial charge in [0.05, 0.1) is 0 Å². The number of hydrogen-bond donors (Lipinski definition) is 0. The molecule has 1 aliphatic carbocycles. The van der Waals surface area contributed by atoms with Crippen molar-refractivity contribution in [2.45, 2.75) is 38.6 Å². The van der Waals surface area contributed by atoms with E-state index in [1.54, 1.807) is 6.07 Å². The van der Waals surface area contributed by atoms with Gasteiger partial charge in [-0.25, -0.2) is 4.39 Å². The van der Waals surface area contributed by atoms with Crippen molar-refractivity contribution in [3.8, 4) is 0 Å². The predicted octanol–water partition coefficient (Wildman–Crippen LogP) is 3.54. The molecule has 1 heterocycles. The van der Waals surface area contributed by atoms with Crippen LogP contribution in [0.5, 0.6) is 0 Å². The third kappa shape index (κ3) is 5.89. The van der Waals surface area contributed by atoms with Gasteiger partial charge in [-0.1, -0.05) is 24.3 Å². The van der Waals surface area contributed by atoms with E-state index in [2.05, 4.69) is 20.8 Å². The highest BCUT2D eigenvalue weighted by Crippen LogP contribution is 2.24. The lowest BCUT2D eigenvalue weighted by atomic mass is 9.96. The minimum absolute atomic E-state index is 0.124. The molecule has 1 atom stereocenters. The van der Waals surface area contributed by atoms with E-state index >= 15 is 0 Å². The average molecular weight is 388 g/mol. The van der Waals surface area contributed by atoms with Crippen molar-refractivity contribution in [1.82, 2.24) is 14.7 Å². The quantitative estimate of drug-likeness (QED) is 0.683. The first-order chi connectivity index (χ1) is 13.5. The number of carbonyl (C=O) groups is 1. The molecule has 3 rings (SSSR count). The molecule has 5 heteroatoms. The molecule has 1 aliphatic heterocycles. The van der Waals surface area contributed by atoms with Gasteiger partial charge >= 0.3 is 0 Å². The van der Waals surface area contributed by atoms with Crippen LogP contribution in [0.2, 0.25) is 0 Å². The summed E-state index contributed by atoms with van der Waals surface area (Å²) in [5, 5.41) is 0. The normalized spacial score (nSPS) is 20.4. The highest BCUT2D eigenvalue weighted by Gasteiger charge is 2.26. The molecule has 0 bridgehead atoms. The minimum Gasteiger partial charge on any atom is -0.337 e. The molecule has 0 N–H and O–H groups in total. The van der Waals surface area contributed by atoms with Crippen molar-refractivity contribution in [2.75, 3.05) is 46.8 Å². The number of benzene rings is 1. The largest absolute Gasteiger partial charge is 0.337 e. The topological polar surface area (TPSA) is 26.8 Å². The van der Waals surface area contributed by atoms with Gasteiger partial charge < -0.3 is 9.80 Å². The van der Waals surface area contributed by atoms with Crippen LogP contribution in [0.1, 0.15) is 37.7 Å². The van der Waals surface area contributed by atoms with Gasteiger partial charge in [-0.2, -0.15) is 0 Å². The van der Waals surface area contributed by atoms with E-state index in [0.717, 1.165) is 76.0 Å². The van der Waals surface area contributed by atoms with Crippen molar-refractivity contribution >= 4 is 5.91 Å². The number of carbonyl (C=O) groups excluding carboxylic acids is 1. The van der Waals surface area contributed by atoms with Crippen LogP contribution in [-0.4, -0.2) is 67.4 Å². The second-order valence-corrected chi connectivity index (χ2v) is 8.51. The first-order valence-corrected chi connectivity index (χ1v) is 10.6. The van der Waals surface area contributed by atoms with Crippen LogP contribution in [0, 0.1) is 11.7 Å². The number of piperidine rings is 1. The molecule has 4 nitrogen and oxygen atoms in total. The zero-order valence-electron chi connectivity index (χ0n) is 17.4. The van der Waals surface area contributed by atoms with Gasteiger partial charge in [0.1, 0.15) is 5.82 Å². The number of likely N-dealkylation sites (N-methyl/N-ethyl adjacent to an activating group) is 1. The molecular formula is C23H34FN3O. The Labute approximate surface area is 169 Å². The van der Waals surface area contributed by atoms with E-state index in [9.17, 15) is 9.18 Å². The number of nitrogens with zero attached hydrogens (tertiary/aromatic N) is 3. The Kier molecular flexibility index (Phi) is 7.63. The Morgan fingerprint density at radius 3 is 2.75 bits per heavy atom. The fourth-order valence-corrected chi connectivity index (χ4v) is 4.29. The summed E-state index contributed by atoms with van der Waals surface area (Å²) >= 11 is 0. The van der Waals surface area contributed by atoms with E-state index in [1.165, 1.54) is 6.07 Å². The monoisotopic (exact) mass is 387 g/mol. The third-order valence-corrected chi connectivity index (χ3v) is 5.85. The van der Waals surface area contributed by atoms with Crippen molar-refractivity contribution < 1.29 is 9.18 Å². The smallest absolute Gasteiger partial charge is 0.249 e. The van der Waals surface area contributed by atoms with Crippen LogP contribution < -0.4 is 0 Å². The fraction of sp³-hybridized carbons (Fsp3) is 0.609. The molecule has 1 aromatic carbocycles. The molecule has 0 aromatic heterocycles. The maximum Gasteiger partial charge on any atom is 0.249 e. The van der Waals surface area contributed by atoms with Crippen LogP contribution in [0.4, 0.5) is 4.39 Å². The highest BCUT2D eigenvalue weighted by atomic mass is 19.1. The first kappa shape index (κ1) is 21.0. The number of hydrogen-bond acceptors (Lipinski definition) is 3. The summed E-state index contributed by atoms with van der Waals surface area (Å²) in [6.07, 6.45) is 7.42. The van der Waals surface area contributed by atoms with Crippen molar-refractivity contribution in [1.29, 1.82) is 0 Å². The number of likely N-dealkylation sites (tertiary alicyclic amines) is 1. The molecule has 1 amide bonds. The van der Waals surface area contributed by atoms with E-state index in [0.29, 0.717) is 12.5 Å². The molecule has 0 radical (unpaired) electrons. The fourth-order valence-electron chi connectivity index (χ4n) is 4.29. The molecule has 28 heavy (non-hydrogen) atoms. The lowest BCUT2D eigenvalue weighted by Crippen LogP contribution is -2.45. The molecule has 1 saturated heterocycles. The van der Waals surface area contributed by atoms with E-state index in [4.69, 9.17) is 0 Å². The van der Waals surface area contributed by atoms with Crippen LogP contribution in [0.25, 0.3) is 0 Å². The molecule has 2 aliphatic rings. The second-order valence-electron chi connectivity index (χ2n) is 8.51. The summed E-state index contributed by atoms with van der Waals surface area (Å²) in [6.45, 7) is 5.04. The van der Waals surface area contributed by atoms with E-state index in [-0.39, 0.29) is 11.7 Å². The van der Waals surface area contributed by atoms with Crippen LogP contribution >= 0.6 is 0 Å². The van der Waals surface area contributed by atoms with Gasteiger partial charge in [-0.3, -0.25) is 9.69 Å². The lowest BCUT2D eigenvalue weighted by molar-refractivity contribution is -0.128. The summed E-state index contributed by atoms with van der Waals surface area (Å²) in [5.74, 6) is 0.555. The molecule has 1 fully saturated rings. The van der Waals surface area contributed by atoms with Crippen LogP contribution in [0.15, 0.2) is 35.9 Å². The molecular weight excluding hydrogens is 353 g/mol. The van der Waals surface area contributed by atoms with Gasteiger partial charge in [0, 0.05) is 43.9 Å². The Bertz CT molecular complexity index is 688. The SMILES string of the molecule is CN(C)CCN(C[C@@H]1CCCN(Cc2ccccc2F)C1)C(=O)C1=CCCC1. The summed E-state index contributed by atoms with van der Waals surface area (Å²) in [4.78, 5) is 19.6. The Morgan fingerprint density at radius 1 is 1.21 bits per heavy atom. The van der Waals surface area contributed by atoms with E-state index in [1.807, 2.05) is 26.2 Å². The van der Waals surface area contributed by atoms with Crippen molar-refractivity contribution in [3.05, 3.63) is 47.3 Å². The number of amides is 1. The maximum atomic E-state index is 14.0. The summed E-state index contributed by atoms with van der Waals surface area (Å²) in [6, 6.07) is 7.05. The van der Waals surface area contributed by atoms with Crippen LogP contribution in [0.3, 0.4) is 0 Å². The standard InChI is InChI=1S/C23H34FN3O/c1-25(2)14-15-27(23(28)20-9-3-4-10-20)17-19-8-7-13-26(16-19)18-21-11-5-6-12-22(21)24/h5-6,9,11-12,19H,3-4,7-8,10,13-18H2,1-2H3/t19-/m1/s1. The molecule has 1 aromatic rings. The zero-order valence-corrected chi connectivity index (χ0v) is 17.4. The number of halogens is 1. The minimum atomic E-state index is -0.124. The highest BCUT2D eigenvalue weighted by molar-refractivity contribution is 5.93. The van der Waals surface area contributed by atoms with Crippen molar-refractivity contribution in [2.24, 2.45) is 5.92 Å². The van der Waals surface area contributed by atoms with Gasteiger partial charge in [0.2, 0.25) is 5.91 Å². The third-order valence-electron chi connectivity index (χ3n) is 5.85. The predicted molar refractivity (Wildman–Crippen MR) is 111 cm³/mol. The molecule has 0 saturated carbocycles. The number of allylic oxidation sites excluding steroid dienone is 1. The molecule has 154 valence electrons. The lowest BCUT2D eigenvalue weighted by Gasteiger charge is -2.36. The molecule has 0 unspecified atom stereocenters. The van der Waals surface area contributed by atoms with Crippen LogP contribution in [-0.2, 0) is 11.3 Å². The van der Waals surface area contributed by atoms with Gasteiger partial charge in [0.15, 0.2) is 0 Å². The summed E-state index contributed by atoms with van der Waals surface area (Å²) in [7, 11) is 4.10. The van der Waals surface area contributed by atoms with Crippen molar-refractivity contribution in [3.63, 3.8) is 0 Å². The van der Waals surface area contributed by atoms with Gasteiger partial charge in [-0.05, 0) is 64.7 Å². The Morgan fingerprint density at radius 2 is 2.04 bits per heavy atom. The summed E-state index contributed by atoms with van der Waals surface area (Å²) < 4.78 is 14.0. The molecule has 0 spiro atoms. The maximum absolute atomic E-state index is 14.0. The first-order valence-electron chi connectivity index (χ1n) is 10.6. The zero-order chi connectivity index (χ0) is 19.9. The summed E-state index contributed by atoms with van der Waals surface area (Å²) in [5.41, 5.74) is 1.76.